The van der Waals surface area contributed by atoms with Crippen molar-refractivity contribution in [3.8, 4) is 6.07 Å². The molecule has 0 unspecified atom stereocenters. The van der Waals surface area contributed by atoms with E-state index in [0.717, 1.165) is 12.8 Å². The maximum atomic E-state index is 12.0. The van der Waals surface area contributed by atoms with Crippen molar-refractivity contribution < 1.29 is 9.53 Å². The quantitative estimate of drug-likeness (QED) is 0.674. The minimum Gasteiger partial charge on any atom is -0.465 e. The number of hydrogen-bond acceptors (Lipinski definition) is 3. The predicted molar refractivity (Wildman–Crippen MR) is 63.7 cm³/mol. The summed E-state index contributed by atoms with van der Waals surface area (Å²) in [4.78, 5) is 12.0. The minimum atomic E-state index is -1.01. The van der Waals surface area contributed by atoms with Crippen molar-refractivity contribution >= 4 is 5.97 Å². The van der Waals surface area contributed by atoms with Crippen LogP contribution in [0.5, 0.6) is 0 Å². The van der Waals surface area contributed by atoms with Gasteiger partial charge in [-0.25, -0.2) is 0 Å². The van der Waals surface area contributed by atoms with Gasteiger partial charge in [0.1, 0.15) is 0 Å². The Morgan fingerprint density at radius 2 is 1.88 bits per heavy atom. The average molecular weight is 225 g/mol. The Labute approximate surface area is 98.8 Å². The fourth-order valence-corrected chi connectivity index (χ4v) is 1.75. The number of carbonyl (C=O) groups excluding carboxylic acids is 1. The molecule has 0 fully saturated rings. The Hall–Kier alpha value is -1.04. The highest BCUT2D eigenvalue weighted by Crippen LogP contribution is 2.43. The Balaban J connectivity index is 5.14. The number of esters is 1. The van der Waals surface area contributed by atoms with Gasteiger partial charge in [0.2, 0.25) is 0 Å². The lowest BCUT2D eigenvalue weighted by molar-refractivity contribution is -0.158. The van der Waals surface area contributed by atoms with Crippen LogP contribution in [0, 0.1) is 22.2 Å². The van der Waals surface area contributed by atoms with Gasteiger partial charge >= 0.3 is 5.97 Å². The summed E-state index contributed by atoms with van der Waals surface area (Å²) < 4.78 is 5.06. The highest BCUT2D eigenvalue weighted by atomic mass is 16.5. The largest absolute Gasteiger partial charge is 0.465 e. The molecule has 0 bridgehead atoms. The van der Waals surface area contributed by atoms with Crippen molar-refractivity contribution in [1.29, 1.82) is 5.26 Å². The molecule has 0 aliphatic carbocycles. The summed E-state index contributed by atoms with van der Waals surface area (Å²) in [6.45, 7) is 9.90. The van der Waals surface area contributed by atoms with Gasteiger partial charge in [0.25, 0.3) is 0 Å². The van der Waals surface area contributed by atoms with Crippen molar-refractivity contribution in [2.75, 3.05) is 6.61 Å². The first kappa shape index (κ1) is 15.0. The van der Waals surface area contributed by atoms with Gasteiger partial charge in [0.15, 0.2) is 5.41 Å². The number of hydrogen-bond donors (Lipinski definition) is 0. The molecule has 0 aromatic heterocycles. The Bertz CT molecular complexity index is 273. The smallest absolute Gasteiger partial charge is 0.327 e. The molecule has 3 nitrogen and oxygen atoms in total. The van der Waals surface area contributed by atoms with Crippen molar-refractivity contribution in [3.05, 3.63) is 0 Å². The molecule has 0 amide bonds. The van der Waals surface area contributed by atoms with Crippen LogP contribution in [0.4, 0.5) is 0 Å². The van der Waals surface area contributed by atoms with Crippen LogP contribution in [0.1, 0.15) is 53.9 Å². The van der Waals surface area contributed by atoms with Gasteiger partial charge in [0.05, 0.1) is 12.7 Å². The average Bonchev–Trinajstić information content (AvgIpc) is 2.18. The SMILES string of the molecule is CCCC[C@](C#N)(C(=O)OCC)C(C)(C)C. The van der Waals surface area contributed by atoms with Gasteiger partial charge in [-0.3, -0.25) is 4.79 Å². The van der Waals surface area contributed by atoms with E-state index in [1.807, 2.05) is 20.8 Å². The molecule has 92 valence electrons. The van der Waals surface area contributed by atoms with E-state index < -0.39 is 10.8 Å². The molecule has 0 rings (SSSR count). The third kappa shape index (κ3) is 2.98. The lowest BCUT2D eigenvalue weighted by Crippen LogP contribution is -2.43. The number of unbranched alkanes of at least 4 members (excludes halogenated alkanes) is 1. The van der Waals surface area contributed by atoms with Gasteiger partial charge in [-0.1, -0.05) is 40.5 Å². The molecule has 0 aliphatic heterocycles. The summed E-state index contributed by atoms with van der Waals surface area (Å²) in [5.41, 5.74) is -1.41. The molecule has 0 radical (unpaired) electrons. The maximum Gasteiger partial charge on any atom is 0.327 e. The van der Waals surface area contributed by atoms with Crippen LogP contribution in [0.2, 0.25) is 0 Å². The van der Waals surface area contributed by atoms with E-state index in [0.29, 0.717) is 13.0 Å². The summed E-state index contributed by atoms with van der Waals surface area (Å²) in [6, 6.07) is 2.20. The van der Waals surface area contributed by atoms with Crippen LogP contribution in [-0.4, -0.2) is 12.6 Å². The van der Waals surface area contributed by atoms with Crippen molar-refractivity contribution in [1.82, 2.24) is 0 Å². The fraction of sp³-hybridized carbons (Fsp3) is 0.846. The van der Waals surface area contributed by atoms with Crippen LogP contribution < -0.4 is 0 Å². The summed E-state index contributed by atoms with van der Waals surface area (Å²) in [6.07, 6.45) is 2.41. The molecule has 0 N–H and O–H groups in total. The monoisotopic (exact) mass is 225 g/mol. The van der Waals surface area contributed by atoms with Crippen molar-refractivity contribution in [2.45, 2.75) is 53.9 Å². The topological polar surface area (TPSA) is 50.1 Å². The zero-order chi connectivity index (χ0) is 12.8. The number of nitriles is 1. The van der Waals surface area contributed by atoms with Crippen LogP contribution in [-0.2, 0) is 9.53 Å². The van der Waals surface area contributed by atoms with Crippen LogP contribution in [0.25, 0.3) is 0 Å². The number of ether oxygens (including phenoxy) is 1. The van der Waals surface area contributed by atoms with E-state index in [2.05, 4.69) is 13.0 Å². The summed E-state index contributed by atoms with van der Waals surface area (Å²) in [5.74, 6) is -0.376. The molecule has 0 saturated carbocycles. The molecular formula is C13H23NO2. The third-order valence-corrected chi connectivity index (χ3v) is 3.00. The van der Waals surface area contributed by atoms with E-state index in [-0.39, 0.29) is 5.97 Å². The lowest BCUT2D eigenvalue weighted by atomic mass is 9.65. The van der Waals surface area contributed by atoms with Gasteiger partial charge in [-0.2, -0.15) is 5.26 Å². The molecule has 0 heterocycles. The Morgan fingerprint density at radius 3 is 2.19 bits per heavy atom. The van der Waals surface area contributed by atoms with E-state index in [4.69, 9.17) is 4.74 Å². The minimum absolute atomic E-state index is 0.324. The van der Waals surface area contributed by atoms with Crippen LogP contribution in [0.15, 0.2) is 0 Å². The molecular weight excluding hydrogens is 202 g/mol. The normalized spacial score (nSPS) is 15.0. The Morgan fingerprint density at radius 1 is 1.31 bits per heavy atom. The van der Waals surface area contributed by atoms with Crippen LogP contribution in [0.3, 0.4) is 0 Å². The second-order valence-electron chi connectivity index (χ2n) is 5.09. The highest BCUT2D eigenvalue weighted by Gasteiger charge is 2.49. The first-order valence-corrected chi connectivity index (χ1v) is 5.94. The Kier molecular flexibility index (Phi) is 5.50. The van der Waals surface area contributed by atoms with Crippen molar-refractivity contribution in [2.24, 2.45) is 10.8 Å². The second-order valence-corrected chi connectivity index (χ2v) is 5.09. The molecule has 0 saturated heterocycles. The summed E-state index contributed by atoms with van der Waals surface area (Å²) in [5, 5.41) is 9.39. The third-order valence-electron chi connectivity index (χ3n) is 3.00. The van der Waals surface area contributed by atoms with Crippen molar-refractivity contribution in [3.63, 3.8) is 0 Å². The highest BCUT2D eigenvalue weighted by molar-refractivity contribution is 5.81. The number of rotatable bonds is 5. The first-order chi connectivity index (χ1) is 7.35. The van der Waals surface area contributed by atoms with E-state index in [1.54, 1.807) is 6.92 Å². The van der Waals surface area contributed by atoms with E-state index >= 15 is 0 Å². The molecule has 0 aromatic carbocycles. The fourth-order valence-electron chi connectivity index (χ4n) is 1.75. The van der Waals surface area contributed by atoms with Gasteiger partial charge < -0.3 is 4.74 Å². The molecule has 3 heteroatoms. The summed E-state index contributed by atoms with van der Waals surface area (Å²) in [7, 11) is 0. The predicted octanol–water partition coefficient (Wildman–Crippen LogP) is 3.30. The molecule has 1 atom stereocenters. The standard InChI is InChI=1S/C13H23NO2/c1-6-8-9-13(10-14,12(3,4)5)11(15)16-7-2/h6-9H2,1-5H3/t13-/m0/s1. The zero-order valence-electron chi connectivity index (χ0n) is 11.1. The number of carbonyl (C=O) groups is 1. The van der Waals surface area contributed by atoms with Crippen LogP contribution >= 0.6 is 0 Å². The van der Waals surface area contributed by atoms with Gasteiger partial charge in [-0.05, 0) is 18.8 Å². The molecule has 0 aliphatic rings. The zero-order valence-corrected chi connectivity index (χ0v) is 11.1. The lowest BCUT2D eigenvalue weighted by Gasteiger charge is -2.36. The molecule has 16 heavy (non-hydrogen) atoms. The maximum absolute atomic E-state index is 12.0. The van der Waals surface area contributed by atoms with Gasteiger partial charge in [-0.15, -0.1) is 0 Å². The van der Waals surface area contributed by atoms with E-state index in [9.17, 15) is 10.1 Å². The first-order valence-electron chi connectivity index (χ1n) is 5.94. The second kappa shape index (κ2) is 5.89. The molecule has 0 aromatic rings. The van der Waals surface area contributed by atoms with Gasteiger partial charge in [0, 0.05) is 0 Å². The summed E-state index contributed by atoms with van der Waals surface area (Å²) >= 11 is 0. The number of nitrogens with zero attached hydrogens (tertiary/aromatic N) is 1. The molecule has 0 spiro atoms. The van der Waals surface area contributed by atoms with E-state index in [1.165, 1.54) is 0 Å².